The van der Waals surface area contributed by atoms with Gasteiger partial charge in [0.05, 0.1) is 12.2 Å². The summed E-state index contributed by atoms with van der Waals surface area (Å²) in [5, 5.41) is 8.11. The first-order chi connectivity index (χ1) is 12.5. The lowest BCUT2D eigenvalue weighted by Gasteiger charge is -2.24. The first-order valence-electron chi connectivity index (χ1n) is 9.19. The second kappa shape index (κ2) is 6.72. The Morgan fingerprint density at radius 3 is 2.92 bits per heavy atom. The van der Waals surface area contributed by atoms with E-state index in [1.165, 1.54) is 6.07 Å². The van der Waals surface area contributed by atoms with Gasteiger partial charge in [-0.15, -0.1) is 0 Å². The van der Waals surface area contributed by atoms with Gasteiger partial charge in [-0.3, -0.25) is 4.79 Å². The van der Waals surface area contributed by atoms with Crippen LogP contribution in [0.1, 0.15) is 52.4 Å². The van der Waals surface area contributed by atoms with Gasteiger partial charge < -0.3 is 16.8 Å². The van der Waals surface area contributed by atoms with E-state index in [1.807, 2.05) is 6.07 Å². The predicted molar refractivity (Wildman–Crippen MR) is 97.3 cm³/mol. The van der Waals surface area contributed by atoms with E-state index in [9.17, 15) is 9.18 Å². The molecule has 1 amide bonds. The molecule has 5 N–H and O–H groups in total. The van der Waals surface area contributed by atoms with Gasteiger partial charge in [-0.25, -0.2) is 9.07 Å². The van der Waals surface area contributed by atoms with Gasteiger partial charge in [-0.2, -0.15) is 5.10 Å². The Morgan fingerprint density at radius 2 is 2.19 bits per heavy atom. The molecule has 6 nitrogen and oxygen atoms in total. The van der Waals surface area contributed by atoms with E-state index in [4.69, 9.17) is 11.5 Å². The van der Waals surface area contributed by atoms with Gasteiger partial charge in [0, 0.05) is 12.0 Å². The number of carbonyl (C=O) groups is 1. The lowest BCUT2D eigenvalue weighted by atomic mass is 9.81. The Kier molecular flexibility index (Phi) is 4.40. The summed E-state index contributed by atoms with van der Waals surface area (Å²) in [7, 11) is 0. The molecule has 1 aromatic heterocycles. The van der Waals surface area contributed by atoms with E-state index in [1.54, 1.807) is 10.7 Å². The maximum absolute atomic E-state index is 13.4. The number of anilines is 1. The van der Waals surface area contributed by atoms with Crippen LogP contribution in [0.4, 0.5) is 10.2 Å². The second-order valence-electron chi connectivity index (χ2n) is 7.34. The Bertz CT molecular complexity index is 841. The van der Waals surface area contributed by atoms with Crippen LogP contribution in [0.5, 0.6) is 0 Å². The SMILES string of the molecule is NC(=O)c1c(C2CCc3cc(F)ccc3C2)nn(CC2CCCN2)c1N. The van der Waals surface area contributed by atoms with Crippen LogP contribution in [0.15, 0.2) is 18.2 Å². The Labute approximate surface area is 151 Å². The summed E-state index contributed by atoms with van der Waals surface area (Å²) in [6, 6.07) is 5.22. The number of nitrogens with one attached hydrogen (secondary N) is 1. The average molecular weight is 357 g/mol. The number of amides is 1. The molecule has 2 aromatic rings. The third-order valence-electron chi connectivity index (χ3n) is 5.60. The van der Waals surface area contributed by atoms with Crippen LogP contribution in [0.2, 0.25) is 0 Å². The number of nitrogen functional groups attached to an aromatic ring is 1. The van der Waals surface area contributed by atoms with E-state index >= 15 is 0 Å². The summed E-state index contributed by atoms with van der Waals surface area (Å²) < 4.78 is 15.2. The number of primary amides is 1. The van der Waals surface area contributed by atoms with Crippen LogP contribution >= 0.6 is 0 Å². The van der Waals surface area contributed by atoms with Crippen molar-refractivity contribution in [2.45, 2.75) is 50.6 Å². The third-order valence-corrected chi connectivity index (χ3v) is 5.60. The number of aromatic nitrogens is 2. The van der Waals surface area contributed by atoms with Crippen LogP contribution in [0, 0.1) is 5.82 Å². The van der Waals surface area contributed by atoms with E-state index in [-0.39, 0.29) is 11.7 Å². The van der Waals surface area contributed by atoms with Crippen LogP contribution in [-0.4, -0.2) is 28.3 Å². The minimum atomic E-state index is -0.534. The zero-order chi connectivity index (χ0) is 18.3. The molecule has 1 aliphatic carbocycles. The fourth-order valence-corrected chi connectivity index (χ4v) is 4.25. The molecule has 138 valence electrons. The first-order valence-corrected chi connectivity index (χ1v) is 9.19. The van der Waals surface area contributed by atoms with Crippen molar-refractivity contribution in [3.8, 4) is 0 Å². The monoisotopic (exact) mass is 357 g/mol. The molecule has 1 aromatic carbocycles. The maximum Gasteiger partial charge on any atom is 0.254 e. The van der Waals surface area contributed by atoms with Crippen molar-refractivity contribution in [1.29, 1.82) is 0 Å². The highest BCUT2D eigenvalue weighted by Gasteiger charge is 2.30. The first kappa shape index (κ1) is 17.0. The summed E-state index contributed by atoms with van der Waals surface area (Å²) in [6.07, 6.45) is 4.48. The van der Waals surface area contributed by atoms with Gasteiger partial charge in [-0.1, -0.05) is 6.07 Å². The van der Waals surface area contributed by atoms with Crippen molar-refractivity contribution >= 4 is 11.7 Å². The molecular weight excluding hydrogens is 333 g/mol. The molecule has 2 unspecified atom stereocenters. The van der Waals surface area contributed by atoms with E-state index in [0.717, 1.165) is 43.4 Å². The van der Waals surface area contributed by atoms with Gasteiger partial charge >= 0.3 is 0 Å². The molecule has 0 spiro atoms. The third kappa shape index (κ3) is 3.07. The minimum absolute atomic E-state index is 0.0653. The molecule has 1 fully saturated rings. The lowest BCUT2D eigenvalue weighted by Crippen LogP contribution is -2.28. The highest BCUT2D eigenvalue weighted by Crippen LogP contribution is 2.35. The quantitative estimate of drug-likeness (QED) is 0.776. The van der Waals surface area contributed by atoms with Crippen LogP contribution in [0.25, 0.3) is 0 Å². The number of benzene rings is 1. The molecule has 0 saturated carbocycles. The van der Waals surface area contributed by atoms with Crippen molar-refractivity contribution in [1.82, 2.24) is 15.1 Å². The minimum Gasteiger partial charge on any atom is -0.383 e. The Morgan fingerprint density at radius 1 is 1.35 bits per heavy atom. The number of halogens is 1. The number of hydrogen-bond donors (Lipinski definition) is 3. The maximum atomic E-state index is 13.4. The van der Waals surface area contributed by atoms with Crippen LogP contribution < -0.4 is 16.8 Å². The molecule has 0 radical (unpaired) electrons. The fourth-order valence-electron chi connectivity index (χ4n) is 4.25. The number of nitrogens with zero attached hydrogens (tertiary/aromatic N) is 2. The zero-order valence-corrected chi connectivity index (χ0v) is 14.7. The molecule has 2 aliphatic rings. The van der Waals surface area contributed by atoms with Crippen molar-refractivity contribution < 1.29 is 9.18 Å². The number of nitrogens with two attached hydrogens (primary N) is 2. The molecule has 2 atom stereocenters. The summed E-state index contributed by atoms with van der Waals surface area (Å²) in [4.78, 5) is 12.0. The second-order valence-corrected chi connectivity index (χ2v) is 7.34. The van der Waals surface area contributed by atoms with E-state index in [0.29, 0.717) is 36.1 Å². The van der Waals surface area contributed by atoms with Gasteiger partial charge in [-0.05, 0) is 61.9 Å². The molecule has 1 aliphatic heterocycles. The highest BCUT2D eigenvalue weighted by molar-refractivity contribution is 5.98. The summed E-state index contributed by atoms with van der Waals surface area (Å²) >= 11 is 0. The number of carbonyl (C=O) groups excluding carboxylic acids is 1. The van der Waals surface area contributed by atoms with Crippen molar-refractivity contribution in [2.24, 2.45) is 5.73 Å². The topological polar surface area (TPSA) is 99.0 Å². The predicted octanol–water partition coefficient (Wildman–Crippen LogP) is 1.73. The smallest absolute Gasteiger partial charge is 0.254 e. The van der Waals surface area contributed by atoms with Crippen molar-refractivity contribution in [3.63, 3.8) is 0 Å². The largest absolute Gasteiger partial charge is 0.383 e. The average Bonchev–Trinajstić information content (AvgIpc) is 3.23. The van der Waals surface area contributed by atoms with Crippen LogP contribution in [0.3, 0.4) is 0 Å². The summed E-state index contributed by atoms with van der Waals surface area (Å²) in [5.41, 5.74) is 15.0. The summed E-state index contributed by atoms with van der Waals surface area (Å²) in [6.45, 7) is 1.64. The molecule has 26 heavy (non-hydrogen) atoms. The van der Waals surface area contributed by atoms with Crippen molar-refractivity contribution in [2.75, 3.05) is 12.3 Å². The Hall–Kier alpha value is -2.41. The number of hydrogen-bond acceptors (Lipinski definition) is 4. The van der Waals surface area contributed by atoms with Gasteiger partial charge in [0.2, 0.25) is 0 Å². The molecule has 4 rings (SSSR count). The standard InChI is InChI=1S/C19H24FN5O/c20-14-6-5-11-8-13(4-3-12(11)9-14)17-16(19(22)26)18(21)25(24-17)10-15-2-1-7-23-15/h5-6,9,13,15,23H,1-4,7-8,10,21H2,(H2,22,26). The zero-order valence-electron chi connectivity index (χ0n) is 14.7. The lowest BCUT2D eigenvalue weighted by molar-refractivity contribution is 0.0999. The number of fused-ring (bicyclic) bond motifs is 1. The van der Waals surface area contributed by atoms with E-state index in [2.05, 4.69) is 10.4 Å². The number of aryl methyl sites for hydroxylation is 1. The molecule has 2 heterocycles. The molecule has 1 saturated heterocycles. The van der Waals surface area contributed by atoms with Crippen molar-refractivity contribution in [3.05, 3.63) is 46.4 Å². The highest BCUT2D eigenvalue weighted by atomic mass is 19.1. The van der Waals surface area contributed by atoms with Gasteiger partial charge in [0.25, 0.3) is 5.91 Å². The van der Waals surface area contributed by atoms with E-state index < -0.39 is 5.91 Å². The molecular formula is C19H24FN5O. The van der Waals surface area contributed by atoms with Crippen LogP contribution in [-0.2, 0) is 19.4 Å². The normalized spacial score (nSPS) is 22.3. The van der Waals surface area contributed by atoms with Gasteiger partial charge in [0.1, 0.15) is 17.2 Å². The molecule has 0 bridgehead atoms. The van der Waals surface area contributed by atoms with Gasteiger partial charge in [0.15, 0.2) is 0 Å². The number of rotatable bonds is 4. The Balaban J connectivity index is 1.65. The summed E-state index contributed by atoms with van der Waals surface area (Å²) in [5.74, 6) is -0.327. The fraction of sp³-hybridized carbons (Fsp3) is 0.474. The molecule has 7 heteroatoms.